The van der Waals surface area contributed by atoms with Crippen LogP contribution in [0.2, 0.25) is 10.6 Å². The molecule has 23 heteroatoms. The maximum atomic E-state index is 13.3. The molecular formula is C29H33B9Cl3F2N6O3. The molecule has 2 amide bonds. The molecule has 2 aromatic heterocycles. The number of rotatable bonds is 3. The van der Waals surface area contributed by atoms with Gasteiger partial charge in [-0.15, -0.1) is 0 Å². The molecule has 6 rings (SSSR count). The number of hydrogen-bond acceptors (Lipinski definition) is 5. The molecule has 0 atom stereocenters. The van der Waals surface area contributed by atoms with Crippen LogP contribution in [-0.4, -0.2) is 141 Å². The maximum Gasteiger partial charge on any atom is 0.409 e. The fourth-order valence-corrected chi connectivity index (χ4v) is 6.41. The topological polar surface area (TPSA) is 85.5 Å². The Balaban J connectivity index is 0.000000419. The summed E-state index contributed by atoms with van der Waals surface area (Å²) in [6, 6.07) is 9.22. The summed E-state index contributed by atoms with van der Waals surface area (Å²) in [7, 11) is 32.0. The van der Waals surface area contributed by atoms with E-state index in [0.717, 1.165) is 43.8 Å². The van der Waals surface area contributed by atoms with Crippen LogP contribution in [0, 0.1) is 11.6 Å². The second kappa shape index (κ2) is 24.0. The van der Waals surface area contributed by atoms with E-state index in [4.69, 9.17) is 39.5 Å². The van der Waals surface area contributed by atoms with Crippen LogP contribution in [-0.2, 0) is 4.74 Å². The number of fused-ring (bicyclic) bond motifs is 2. The fourth-order valence-electron chi connectivity index (χ4n) is 5.60. The van der Waals surface area contributed by atoms with E-state index in [-0.39, 0.29) is 37.2 Å². The second-order valence-corrected chi connectivity index (χ2v) is 11.9. The van der Waals surface area contributed by atoms with Crippen LogP contribution in [0.25, 0.3) is 22.1 Å². The molecule has 2 aliphatic heterocycles. The Labute approximate surface area is 330 Å². The van der Waals surface area contributed by atoms with Gasteiger partial charge in [0, 0.05) is 118 Å². The molecular weight excluding hydrogens is 722 g/mol. The first-order valence-corrected chi connectivity index (χ1v) is 16.8. The van der Waals surface area contributed by atoms with Gasteiger partial charge in [0.15, 0.2) is 0 Å². The Hall–Kier alpha value is -2.57. The van der Waals surface area contributed by atoms with E-state index in [1.165, 1.54) is 24.3 Å². The SMILES string of the molecule is C.CCOC(=O)N1CCC(n2c(Cl)nc3cc(F)ccc32)CC1.O=C(Cl)N1CCC(n2c(Cl)nc3cc(F)ccc32)CC1.[B]B([B])[B].[B][B].[B][B][B]. The van der Waals surface area contributed by atoms with E-state index in [2.05, 4.69) is 64.1 Å². The summed E-state index contributed by atoms with van der Waals surface area (Å²) in [5, 5.41) is 0.281. The summed E-state index contributed by atoms with van der Waals surface area (Å²) in [6.45, 7) is 4.57. The summed E-state index contributed by atoms with van der Waals surface area (Å²) in [5.74, 6) is -0.660. The molecule has 52 heavy (non-hydrogen) atoms. The van der Waals surface area contributed by atoms with Gasteiger partial charge in [-0.05, 0) is 91.7 Å². The molecule has 0 spiro atoms. The fraction of sp³-hybridized carbons (Fsp3) is 0.448. The van der Waals surface area contributed by atoms with E-state index >= 15 is 0 Å². The van der Waals surface area contributed by atoms with Gasteiger partial charge in [0.2, 0.25) is 10.6 Å². The van der Waals surface area contributed by atoms with Crippen molar-refractivity contribution in [1.82, 2.24) is 28.9 Å². The smallest absolute Gasteiger partial charge is 0.409 e. The predicted molar refractivity (Wildman–Crippen MR) is 216 cm³/mol. The Morgan fingerprint density at radius 3 is 1.50 bits per heavy atom. The molecule has 0 bridgehead atoms. The van der Waals surface area contributed by atoms with Crippen LogP contribution < -0.4 is 0 Å². The molecule has 0 aliphatic carbocycles. The normalized spacial score (nSPS) is 14.1. The van der Waals surface area contributed by atoms with Gasteiger partial charge >= 0.3 is 11.5 Å². The summed E-state index contributed by atoms with van der Waals surface area (Å²) in [6.07, 6.45) is 2.09. The minimum atomic E-state index is -0.667. The van der Waals surface area contributed by atoms with Gasteiger partial charge in [0.05, 0.1) is 28.7 Å². The first kappa shape index (κ1) is 47.5. The van der Waals surface area contributed by atoms with Crippen LogP contribution in [0.4, 0.5) is 18.4 Å². The average Bonchev–Trinajstić information content (AvgIpc) is 3.60. The lowest BCUT2D eigenvalue weighted by molar-refractivity contribution is 0.0930. The van der Waals surface area contributed by atoms with Crippen LogP contribution >= 0.6 is 34.8 Å². The van der Waals surface area contributed by atoms with Gasteiger partial charge in [-0.2, -0.15) is 0 Å². The Kier molecular flexibility index (Phi) is 21.9. The summed E-state index contributed by atoms with van der Waals surface area (Å²) in [4.78, 5) is 34.5. The van der Waals surface area contributed by atoms with Crippen molar-refractivity contribution in [3.05, 3.63) is 58.6 Å². The van der Waals surface area contributed by atoms with Crippen molar-refractivity contribution in [3.63, 3.8) is 0 Å². The van der Waals surface area contributed by atoms with Gasteiger partial charge < -0.3 is 23.7 Å². The number of carbonyl (C=O) groups excluding carboxylic acids is 2. The second-order valence-electron chi connectivity index (χ2n) is 10.9. The van der Waals surface area contributed by atoms with E-state index in [1.807, 2.05) is 9.13 Å². The zero-order valence-corrected chi connectivity index (χ0v) is 30.2. The van der Waals surface area contributed by atoms with Crippen molar-refractivity contribution in [2.24, 2.45) is 0 Å². The van der Waals surface area contributed by atoms with E-state index < -0.39 is 11.8 Å². The van der Waals surface area contributed by atoms with E-state index in [1.54, 1.807) is 28.9 Å². The van der Waals surface area contributed by atoms with Gasteiger partial charge in [0.1, 0.15) is 11.6 Å². The lowest BCUT2D eigenvalue weighted by Gasteiger charge is -2.32. The van der Waals surface area contributed by atoms with Gasteiger partial charge in [-0.3, -0.25) is 4.79 Å². The first-order chi connectivity index (χ1) is 24.3. The number of nitrogens with zero attached hydrogens (tertiary/aromatic N) is 6. The lowest BCUT2D eigenvalue weighted by atomic mass is 9.08. The Bertz CT molecular complexity index is 1690. The van der Waals surface area contributed by atoms with Crippen molar-refractivity contribution in [2.45, 2.75) is 52.1 Å². The van der Waals surface area contributed by atoms with Crippen LogP contribution in [0.1, 0.15) is 52.1 Å². The van der Waals surface area contributed by atoms with Gasteiger partial charge in [-0.1, -0.05) is 7.43 Å². The monoisotopic (exact) mass is 755 g/mol. The number of imidazole rings is 2. The zero-order valence-electron chi connectivity index (χ0n) is 28.0. The Morgan fingerprint density at radius 2 is 1.17 bits per heavy atom. The number of piperidine rings is 2. The summed E-state index contributed by atoms with van der Waals surface area (Å²) in [5.41, 5.74) is 2.73. The number of ether oxygens (including phenoxy) is 1. The van der Waals surface area contributed by atoms with Crippen molar-refractivity contribution in [1.29, 1.82) is 0 Å². The third kappa shape index (κ3) is 13.7. The number of carbonyl (C=O) groups is 2. The molecule has 4 aromatic rings. The quantitative estimate of drug-likeness (QED) is 0.173. The summed E-state index contributed by atoms with van der Waals surface area (Å²) < 4.78 is 35.3. The largest absolute Gasteiger partial charge is 0.450 e. The standard InChI is InChI=1S/C15H17ClFN3O2.C13H12Cl2FN3O.CH4.B4.B3.B2/c1-2-22-15(21)19-7-5-11(6-8-19)20-13-4-3-10(17)9-12(13)18-14(20)16;14-12-17-10-7-8(16)1-2-11(10)19(12)9-3-5-18(6-4-9)13(15)20;;1-4(2)3;1-3-2;1-2/h3-4,9,11H,2,5-8H2,1H3;1-2,7,9H,3-6H2;1H4;;;. The number of likely N-dealkylation sites (tertiary alicyclic amines) is 2. The molecule has 2 aliphatic rings. The minimum absolute atomic E-state index is 0. The minimum Gasteiger partial charge on any atom is -0.450 e. The molecule has 4 heterocycles. The molecule has 15 radical (unpaired) electrons. The lowest BCUT2D eigenvalue weighted by Crippen LogP contribution is -2.39. The highest BCUT2D eigenvalue weighted by Gasteiger charge is 2.28. The highest BCUT2D eigenvalue weighted by Crippen LogP contribution is 2.33. The zero-order chi connectivity index (χ0) is 38.2. The molecule has 2 fully saturated rings. The third-order valence-electron chi connectivity index (χ3n) is 7.65. The maximum absolute atomic E-state index is 13.3. The van der Waals surface area contributed by atoms with Crippen LogP contribution in [0.3, 0.4) is 0 Å². The molecule has 2 saturated heterocycles. The van der Waals surface area contributed by atoms with Gasteiger partial charge in [-0.25, -0.2) is 23.5 Å². The average molecular weight is 755 g/mol. The molecule has 259 valence electrons. The summed E-state index contributed by atoms with van der Waals surface area (Å²) >= 11 is 17.9. The molecule has 0 N–H and O–H groups in total. The molecule has 0 saturated carbocycles. The number of halogens is 5. The highest BCUT2D eigenvalue weighted by molar-refractivity contribution is 7.49. The third-order valence-corrected chi connectivity index (χ3v) is 8.42. The van der Waals surface area contributed by atoms with Crippen molar-refractivity contribution in [3.8, 4) is 0 Å². The number of hydrogen-bond donors (Lipinski definition) is 0. The van der Waals surface area contributed by atoms with Crippen molar-refractivity contribution < 1.29 is 23.1 Å². The first-order valence-electron chi connectivity index (χ1n) is 15.7. The number of amides is 2. The number of benzene rings is 2. The van der Waals surface area contributed by atoms with E-state index in [0.29, 0.717) is 54.4 Å². The van der Waals surface area contributed by atoms with E-state index in [9.17, 15) is 18.4 Å². The molecule has 2 aromatic carbocycles. The molecule has 0 unspecified atom stereocenters. The van der Waals surface area contributed by atoms with Crippen LogP contribution in [0.15, 0.2) is 36.4 Å². The Morgan fingerprint density at radius 1 is 0.827 bits per heavy atom. The highest BCUT2D eigenvalue weighted by atomic mass is 35.5. The van der Waals surface area contributed by atoms with Crippen LogP contribution in [0.5, 0.6) is 0 Å². The predicted octanol–water partition coefficient (Wildman–Crippen LogP) is 4.66. The molecule has 9 nitrogen and oxygen atoms in total. The van der Waals surface area contributed by atoms with Crippen molar-refractivity contribution >= 4 is 136 Å². The number of aromatic nitrogens is 4. The van der Waals surface area contributed by atoms with Gasteiger partial charge in [0.25, 0.3) is 0 Å². The van der Waals surface area contributed by atoms with Crippen molar-refractivity contribution in [2.75, 3.05) is 32.8 Å².